The van der Waals surface area contributed by atoms with Gasteiger partial charge in [0, 0.05) is 77.1 Å². The summed E-state index contributed by atoms with van der Waals surface area (Å²) in [6.45, 7) is 2.76. The number of rotatable bonds is 8. The third-order valence-electron chi connectivity index (χ3n) is 4.56. The molecule has 155 valence electrons. The molecule has 2 heterocycles. The number of carbonyl (C=O) groups excluding carboxylic acids is 1. The van der Waals surface area contributed by atoms with Crippen molar-refractivity contribution in [3.8, 4) is 5.75 Å². The van der Waals surface area contributed by atoms with Gasteiger partial charge in [0.2, 0.25) is 5.88 Å². The van der Waals surface area contributed by atoms with Gasteiger partial charge in [-0.2, -0.15) is 0 Å². The van der Waals surface area contributed by atoms with Crippen molar-refractivity contribution in [3.63, 3.8) is 0 Å². The largest absolute Gasteiger partial charge is 0.481 e. The Morgan fingerprint density at radius 1 is 1.13 bits per heavy atom. The number of thiocarbonyl (C=S) groups is 1. The van der Waals surface area contributed by atoms with Crippen molar-refractivity contribution in [1.29, 1.82) is 0 Å². The number of anilines is 1. The first-order chi connectivity index (χ1) is 14.0. The van der Waals surface area contributed by atoms with Crippen molar-refractivity contribution >= 4 is 86.3 Å². The molecular formula is C20H23KN3O5S. The molecule has 2 N–H and O–H groups in total. The number of aliphatic hydroxyl groups excluding tert-OH is 1. The number of para-hydroxylation sites is 2. The number of aliphatic carboxylic acids is 1. The van der Waals surface area contributed by atoms with Crippen LogP contribution in [-0.4, -0.2) is 115 Å². The molecule has 1 amide bonds. The maximum absolute atomic E-state index is 12.8. The first-order valence-corrected chi connectivity index (χ1v) is 9.81. The second-order valence-corrected chi connectivity index (χ2v) is 6.90. The van der Waals surface area contributed by atoms with E-state index in [-0.39, 0.29) is 83.4 Å². The van der Waals surface area contributed by atoms with Crippen molar-refractivity contribution in [1.82, 2.24) is 9.80 Å². The molecule has 0 aliphatic carbocycles. The van der Waals surface area contributed by atoms with Crippen molar-refractivity contribution in [3.05, 3.63) is 48.0 Å². The summed E-state index contributed by atoms with van der Waals surface area (Å²) >= 11 is 5.40. The summed E-state index contributed by atoms with van der Waals surface area (Å²) in [4.78, 5) is 28.7. The second kappa shape index (κ2) is 11.4. The van der Waals surface area contributed by atoms with Crippen LogP contribution < -0.4 is 9.64 Å². The Morgan fingerprint density at radius 3 is 2.53 bits per heavy atom. The number of nitrogens with zero attached hydrogens (tertiary/aromatic N) is 3. The van der Waals surface area contributed by atoms with Gasteiger partial charge in [0.25, 0.3) is 5.91 Å². The van der Waals surface area contributed by atoms with E-state index in [0.29, 0.717) is 29.0 Å². The second-order valence-electron chi connectivity index (χ2n) is 6.54. The molecule has 1 aromatic rings. The topological polar surface area (TPSA) is 93.5 Å². The first-order valence-electron chi connectivity index (χ1n) is 9.40. The molecule has 2 aliphatic rings. The Bertz CT molecular complexity index is 889. The predicted octanol–water partition coefficient (Wildman–Crippen LogP) is 1.54. The number of amides is 1. The van der Waals surface area contributed by atoms with Gasteiger partial charge >= 0.3 is 5.97 Å². The molecule has 1 saturated heterocycles. The standard InChI is InChI=1S/C20H23N3O5S.K/c1-2-10-23-19(27)15(22(12-13-24)20(23)29)7-8-17-21(11-9-18(25)26)14-5-3-4-6-16(14)28-17;/h3-8,24H,2,9-13H2,1H3,(H,25,26);/b15-7+,17-8-;. The van der Waals surface area contributed by atoms with Crippen molar-refractivity contribution in [2.75, 3.05) is 31.1 Å². The Kier molecular flexibility index (Phi) is 9.48. The summed E-state index contributed by atoms with van der Waals surface area (Å²) in [6.07, 6.45) is 3.94. The van der Waals surface area contributed by atoms with Gasteiger partial charge in [-0.15, -0.1) is 0 Å². The molecule has 2 aliphatic heterocycles. The van der Waals surface area contributed by atoms with E-state index in [9.17, 15) is 14.7 Å². The maximum Gasteiger partial charge on any atom is 0.305 e. The minimum atomic E-state index is -0.910. The summed E-state index contributed by atoms with van der Waals surface area (Å²) in [5.74, 6) is -0.0883. The molecule has 1 radical (unpaired) electrons. The van der Waals surface area contributed by atoms with Crippen LogP contribution in [0.4, 0.5) is 5.69 Å². The van der Waals surface area contributed by atoms with E-state index < -0.39 is 5.97 Å². The Morgan fingerprint density at radius 2 is 1.87 bits per heavy atom. The SMILES string of the molecule is CCCN1C(=O)/C(=C\C=C2/Oc3ccccc3N2CCC(=O)O)N(CCO)C1=S.[K]. The third-order valence-corrected chi connectivity index (χ3v) is 5.00. The zero-order valence-corrected chi connectivity index (χ0v) is 21.0. The molecule has 0 aromatic heterocycles. The van der Waals surface area contributed by atoms with E-state index >= 15 is 0 Å². The molecule has 0 unspecified atom stereocenters. The molecule has 30 heavy (non-hydrogen) atoms. The number of carbonyl (C=O) groups is 2. The minimum Gasteiger partial charge on any atom is -0.481 e. The van der Waals surface area contributed by atoms with Gasteiger partial charge in [0.1, 0.15) is 5.70 Å². The molecule has 10 heteroatoms. The number of fused-ring (bicyclic) bond motifs is 1. The quantitative estimate of drug-likeness (QED) is 0.346. The van der Waals surface area contributed by atoms with Gasteiger partial charge in [0.05, 0.1) is 18.7 Å². The van der Waals surface area contributed by atoms with E-state index in [0.717, 1.165) is 12.1 Å². The van der Waals surface area contributed by atoms with E-state index in [1.165, 1.54) is 4.90 Å². The molecule has 1 aromatic carbocycles. The van der Waals surface area contributed by atoms with Crippen LogP contribution in [0.2, 0.25) is 0 Å². The molecular weight excluding hydrogens is 433 g/mol. The van der Waals surface area contributed by atoms with Gasteiger partial charge in [-0.1, -0.05) is 19.1 Å². The van der Waals surface area contributed by atoms with Gasteiger partial charge in [-0.25, -0.2) is 0 Å². The number of β-amino-alcohol motifs (C(OH)–C–C–N with tert-alkyl or cyclic N) is 1. The molecule has 8 nitrogen and oxygen atoms in total. The number of carboxylic acids is 1. The Labute approximate surface area is 223 Å². The summed E-state index contributed by atoms with van der Waals surface area (Å²) in [5.41, 5.74) is 1.12. The van der Waals surface area contributed by atoms with Crippen LogP contribution in [0.25, 0.3) is 0 Å². The van der Waals surface area contributed by atoms with Crippen LogP contribution in [0.3, 0.4) is 0 Å². The summed E-state index contributed by atoms with van der Waals surface area (Å²) in [6, 6.07) is 7.33. The predicted molar refractivity (Wildman–Crippen MR) is 117 cm³/mol. The molecule has 1 fully saturated rings. The van der Waals surface area contributed by atoms with Crippen LogP contribution in [0.1, 0.15) is 19.8 Å². The fourth-order valence-electron chi connectivity index (χ4n) is 3.25. The monoisotopic (exact) mass is 456 g/mol. The average molecular weight is 457 g/mol. The molecule has 0 spiro atoms. The number of hydrogen-bond donors (Lipinski definition) is 2. The zero-order chi connectivity index (χ0) is 21.0. The van der Waals surface area contributed by atoms with Crippen LogP contribution in [-0.2, 0) is 9.59 Å². The average Bonchev–Trinajstić information content (AvgIpc) is 3.16. The van der Waals surface area contributed by atoms with Crippen LogP contribution in [0, 0.1) is 0 Å². The van der Waals surface area contributed by atoms with Gasteiger partial charge in [-0.3, -0.25) is 14.5 Å². The van der Waals surface area contributed by atoms with Crippen LogP contribution in [0.15, 0.2) is 48.0 Å². The van der Waals surface area contributed by atoms with Crippen molar-refractivity contribution in [2.24, 2.45) is 0 Å². The Hall–Kier alpha value is -1.27. The van der Waals surface area contributed by atoms with Gasteiger partial charge in [-0.05, 0) is 36.8 Å². The molecule has 0 saturated carbocycles. The number of benzene rings is 1. The van der Waals surface area contributed by atoms with E-state index in [1.807, 2.05) is 25.1 Å². The summed E-state index contributed by atoms with van der Waals surface area (Å²) < 4.78 is 5.87. The molecule has 0 bridgehead atoms. The molecule has 3 rings (SSSR count). The fraction of sp³-hybridized carbons (Fsp3) is 0.350. The summed E-state index contributed by atoms with van der Waals surface area (Å²) in [7, 11) is 0. The number of ether oxygens (including phenoxy) is 1. The first kappa shape index (κ1) is 25.0. The third kappa shape index (κ3) is 5.31. The maximum atomic E-state index is 12.8. The van der Waals surface area contributed by atoms with Crippen molar-refractivity contribution < 1.29 is 24.5 Å². The minimum absolute atomic E-state index is 0. The number of carboxylic acid groups (broad SMARTS) is 1. The fourth-order valence-corrected chi connectivity index (χ4v) is 3.62. The van der Waals surface area contributed by atoms with Crippen LogP contribution >= 0.6 is 12.2 Å². The van der Waals surface area contributed by atoms with Gasteiger partial charge < -0.3 is 24.7 Å². The van der Waals surface area contributed by atoms with Gasteiger partial charge in [0.15, 0.2) is 10.9 Å². The summed E-state index contributed by atoms with van der Waals surface area (Å²) in [5, 5.41) is 18.8. The van der Waals surface area contributed by atoms with E-state index in [2.05, 4.69) is 0 Å². The van der Waals surface area contributed by atoms with E-state index in [1.54, 1.807) is 28.0 Å². The van der Waals surface area contributed by atoms with Crippen molar-refractivity contribution in [2.45, 2.75) is 19.8 Å². The van der Waals surface area contributed by atoms with E-state index in [4.69, 9.17) is 22.1 Å². The normalized spacial score (nSPS) is 18.1. The molecule has 0 atom stereocenters. The number of aliphatic hydroxyl groups is 1. The smallest absolute Gasteiger partial charge is 0.305 e. The Balaban J connectivity index is 0.00000320. The number of hydrogen-bond acceptors (Lipinski definition) is 6. The zero-order valence-electron chi connectivity index (χ0n) is 17.1. The van der Waals surface area contributed by atoms with Crippen LogP contribution in [0.5, 0.6) is 5.75 Å². The number of allylic oxidation sites excluding steroid dienone is 2.